The molecule has 25 heavy (non-hydrogen) atoms. The van der Waals surface area contributed by atoms with Gasteiger partial charge in [-0.3, -0.25) is 0 Å². The van der Waals surface area contributed by atoms with Crippen molar-refractivity contribution in [1.82, 2.24) is 0 Å². The van der Waals surface area contributed by atoms with Crippen LogP contribution in [0.1, 0.15) is 11.1 Å². The normalized spacial score (nSPS) is 14.7. The quantitative estimate of drug-likeness (QED) is 0.417. The van der Waals surface area contributed by atoms with E-state index in [0.29, 0.717) is 0 Å². The zero-order valence-electron chi connectivity index (χ0n) is 13.8. The van der Waals surface area contributed by atoms with Crippen LogP contribution >= 0.6 is 0 Å². The molecule has 0 heteroatoms. The topological polar surface area (TPSA) is 0 Å². The largest absolute Gasteiger partial charge is 0.0619 e. The summed E-state index contributed by atoms with van der Waals surface area (Å²) in [6, 6.07) is 26.6. The van der Waals surface area contributed by atoms with E-state index in [9.17, 15) is 0 Å². The Hall–Kier alpha value is -3.12. The van der Waals surface area contributed by atoms with Gasteiger partial charge in [0.25, 0.3) is 0 Å². The first-order valence-corrected chi connectivity index (χ1v) is 8.84. The third-order valence-electron chi connectivity index (χ3n) is 5.67. The molecule has 0 nitrogen and oxygen atoms in total. The van der Waals surface area contributed by atoms with E-state index in [1.54, 1.807) is 0 Å². The van der Waals surface area contributed by atoms with Crippen LogP contribution in [0.5, 0.6) is 0 Å². The lowest BCUT2D eigenvalue weighted by Gasteiger charge is -2.15. The van der Waals surface area contributed by atoms with Gasteiger partial charge in [0.15, 0.2) is 0 Å². The molecule has 2 aliphatic carbocycles. The van der Waals surface area contributed by atoms with E-state index in [-0.39, 0.29) is 0 Å². The molecule has 116 valence electrons. The Labute approximate surface area is 146 Å². The van der Waals surface area contributed by atoms with Gasteiger partial charge in [0.05, 0.1) is 0 Å². The summed E-state index contributed by atoms with van der Waals surface area (Å²) in [4.78, 5) is 0. The van der Waals surface area contributed by atoms with Crippen LogP contribution in [0.3, 0.4) is 0 Å². The van der Waals surface area contributed by atoms with Crippen molar-refractivity contribution in [2.45, 2.75) is 6.42 Å². The van der Waals surface area contributed by atoms with E-state index in [0.717, 1.165) is 6.42 Å². The number of hydrogen-bond donors (Lipinski definition) is 0. The molecule has 6 rings (SSSR count). The minimum Gasteiger partial charge on any atom is -0.0619 e. The Balaban J connectivity index is 1.74. The van der Waals surface area contributed by atoms with Crippen LogP contribution in [0, 0.1) is 0 Å². The Morgan fingerprint density at radius 1 is 0.600 bits per heavy atom. The monoisotopic (exact) mass is 316 g/mol. The summed E-state index contributed by atoms with van der Waals surface area (Å²) in [5.41, 5.74) is 5.65. The fourth-order valence-corrected chi connectivity index (χ4v) is 4.45. The van der Waals surface area contributed by atoms with Crippen molar-refractivity contribution in [3.8, 4) is 0 Å². The molecule has 2 aliphatic rings. The molecule has 0 saturated carbocycles. The molecule has 0 bridgehead atoms. The lowest BCUT2D eigenvalue weighted by Crippen LogP contribution is -2.24. The lowest BCUT2D eigenvalue weighted by molar-refractivity contribution is 1.25. The van der Waals surface area contributed by atoms with Crippen LogP contribution in [0.15, 0.2) is 78.4 Å². The van der Waals surface area contributed by atoms with Crippen molar-refractivity contribution in [2.24, 2.45) is 0 Å². The van der Waals surface area contributed by atoms with Crippen molar-refractivity contribution in [2.75, 3.05) is 0 Å². The molecule has 0 atom stereocenters. The standard InChI is InChI=1S/C25H16/c1-2-7-18-14-24-19(13-17(18)6-1)15-25-22-10-9-16-5-3-4-8-20(16)21(22)11-12-23(24)25/h1-13,15H,14H2. The first-order chi connectivity index (χ1) is 12.4. The van der Waals surface area contributed by atoms with Crippen LogP contribution < -0.4 is 10.4 Å². The number of rotatable bonds is 0. The average Bonchev–Trinajstić information content (AvgIpc) is 3.03. The summed E-state index contributed by atoms with van der Waals surface area (Å²) < 4.78 is 0. The van der Waals surface area contributed by atoms with Crippen LogP contribution in [-0.2, 0) is 6.42 Å². The SMILES string of the molecule is C1=C2C=c3c(ccc4c3ccc3ccccc34)=C2Cc2ccccc21. The second kappa shape index (κ2) is 4.70. The molecule has 0 amide bonds. The molecule has 4 aromatic rings. The maximum absolute atomic E-state index is 2.39. The summed E-state index contributed by atoms with van der Waals surface area (Å²) in [5.74, 6) is 0. The Kier molecular flexibility index (Phi) is 2.48. The van der Waals surface area contributed by atoms with Gasteiger partial charge in [0.2, 0.25) is 0 Å². The van der Waals surface area contributed by atoms with E-state index in [4.69, 9.17) is 0 Å². The van der Waals surface area contributed by atoms with E-state index < -0.39 is 0 Å². The van der Waals surface area contributed by atoms with Crippen LogP contribution in [-0.4, -0.2) is 0 Å². The van der Waals surface area contributed by atoms with E-state index in [1.165, 1.54) is 54.3 Å². The molecule has 0 aromatic heterocycles. The third-order valence-corrected chi connectivity index (χ3v) is 5.67. The van der Waals surface area contributed by atoms with Gasteiger partial charge in [0, 0.05) is 0 Å². The molecule has 0 fully saturated rings. The van der Waals surface area contributed by atoms with Crippen LogP contribution in [0.4, 0.5) is 0 Å². The zero-order chi connectivity index (χ0) is 16.4. The molecule has 0 spiro atoms. The molecule has 0 unspecified atom stereocenters. The molecule has 0 saturated heterocycles. The molecular weight excluding hydrogens is 300 g/mol. The first-order valence-electron chi connectivity index (χ1n) is 8.84. The van der Waals surface area contributed by atoms with Crippen molar-refractivity contribution in [1.29, 1.82) is 0 Å². The lowest BCUT2D eigenvalue weighted by atomic mass is 9.89. The van der Waals surface area contributed by atoms with Gasteiger partial charge in [-0.25, -0.2) is 0 Å². The predicted molar refractivity (Wildman–Crippen MR) is 107 cm³/mol. The minimum atomic E-state index is 1.03. The van der Waals surface area contributed by atoms with E-state index >= 15 is 0 Å². The van der Waals surface area contributed by atoms with E-state index in [2.05, 4.69) is 84.9 Å². The fourth-order valence-electron chi connectivity index (χ4n) is 4.45. The summed E-state index contributed by atoms with van der Waals surface area (Å²) >= 11 is 0. The zero-order valence-corrected chi connectivity index (χ0v) is 13.8. The molecule has 0 radical (unpaired) electrons. The summed E-state index contributed by atoms with van der Waals surface area (Å²) in [5, 5.41) is 8.16. The Morgan fingerprint density at radius 2 is 1.44 bits per heavy atom. The number of benzene rings is 4. The van der Waals surface area contributed by atoms with Crippen LogP contribution in [0.25, 0.3) is 39.3 Å². The minimum absolute atomic E-state index is 1.03. The maximum atomic E-state index is 2.39. The summed E-state index contributed by atoms with van der Waals surface area (Å²) in [6.45, 7) is 0. The first kappa shape index (κ1) is 13.2. The van der Waals surface area contributed by atoms with Crippen molar-refractivity contribution < 1.29 is 0 Å². The second-order valence-corrected chi connectivity index (χ2v) is 7.01. The van der Waals surface area contributed by atoms with Crippen molar-refractivity contribution in [3.63, 3.8) is 0 Å². The smallest absolute Gasteiger partial charge is 0.000771 e. The average molecular weight is 316 g/mol. The third kappa shape index (κ3) is 1.77. The molecule has 0 aliphatic heterocycles. The molecule has 0 heterocycles. The van der Waals surface area contributed by atoms with Gasteiger partial charge in [0.1, 0.15) is 0 Å². The fraction of sp³-hybridized carbons (Fsp3) is 0.0400. The Bertz CT molecular complexity index is 1350. The van der Waals surface area contributed by atoms with Gasteiger partial charge in [-0.05, 0) is 72.8 Å². The van der Waals surface area contributed by atoms with Crippen LogP contribution in [0.2, 0.25) is 0 Å². The molecule has 4 aromatic carbocycles. The van der Waals surface area contributed by atoms with Gasteiger partial charge < -0.3 is 0 Å². The highest BCUT2D eigenvalue weighted by Crippen LogP contribution is 2.31. The van der Waals surface area contributed by atoms with Gasteiger partial charge in [-0.15, -0.1) is 0 Å². The number of hydrogen-bond acceptors (Lipinski definition) is 0. The highest BCUT2D eigenvalue weighted by Gasteiger charge is 2.19. The second-order valence-electron chi connectivity index (χ2n) is 7.01. The molecular formula is C25H16. The van der Waals surface area contributed by atoms with Gasteiger partial charge in [-0.2, -0.15) is 0 Å². The summed E-state index contributed by atoms with van der Waals surface area (Å²) in [7, 11) is 0. The van der Waals surface area contributed by atoms with Gasteiger partial charge in [-0.1, -0.05) is 72.8 Å². The van der Waals surface area contributed by atoms with Gasteiger partial charge >= 0.3 is 0 Å². The number of allylic oxidation sites excluding steroid dienone is 1. The van der Waals surface area contributed by atoms with Crippen molar-refractivity contribution in [3.05, 3.63) is 99.9 Å². The highest BCUT2D eigenvalue weighted by molar-refractivity contribution is 6.09. The summed E-state index contributed by atoms with van der Waals surface area (Å²) in [6.07, 6.45) is 5.77. The molecule has 0 N–H and O–H groups in total. The Morgan fingerprint density at radius 3 is 2.44 bits per heavy atom. The van der Waals surface area contributed by atoms with E-state index in [1.807, 2.05) is 0 Å². The van der Waals surface area contributed by atoms with Crippen molar-refractivity contribution >= 4 is 39.3 Å². The maximum Gasteiger partial charge on any atom is -0.000771 e. The predicted octanol–water partition coefficient (Wildman–Crippen LogP) is 4.58. The number of fused-ring (bicyclic) bond motifs is 7. The highest BCUT2D eigenvalue weighted by atomic mass is 14.2.